The zero-order chi connectivity index (χ0) is 14.5. The van der Waals surface area contributed by atoms with Gasteiger partial charge in [-0.05, 0) is 23.9 Å². The summed E-state index contributed by atoms with van der Waals surface area (Å²) < 4.78 is 0. The highest BCUT2D eigenvalue weighted by Gasteiger charge is 2.16. The number of nitrogens with zero attached hydrogens (tertiary/aromatic N) is 2. The molecule has 0 aliphatic rings. The lowest BCUT2D eigenvalue weighted by atomic mass is 10.2. The van der Waals surface area contributed by atoms with Gasteiger partial charge in [0.05, 0.1) is 22.6 Å². The maximum atomic E-state index is 12.3. The van der Waals surface area contributed by atoms with E-state index in [0.29, 0.717) is 18.0 Å². The van der Waals surface area contributed by atoms with Crippen molar-refractivity contribution in [1.29, 1.82) is 0 Å². The minimum Gasteiger partial charge on any atom is -0.337 e. The third kappa shape index (κ3) is 3.45. The first kappa shape index (κ1) is 14.7. The summed E-state index contributed by atoms with van der Waals surface area (Å²) in [4.78, 5) is 19.7. The van der Waals surface area contributed by atoms with Gasteiger partial charge >= 0.3 is 0 Å². The van der Waals surface area contributed by atoms with Crippen molar-refractivity contribution in [2.45, 2.75) is 13.5 Å². The first-order valence-corrected chi connectivity index (χ1v) is 7.79. The Morgan fingerprint density at radius 2 is 2.30 bits per heavy atom. The fraction of sp³-hybridized carbons (Fsp3) is 0.286. The fourth-order valence-electron chi connectivity index (χ4n) is 1.69. The van der Waals surface area contributed by atoms with Crippen molar-refractivity contribution in [3.05, 3.63) is 38.0 Å². The number of aromatic nitrogens is 1. The van der Waals surface area contributed by atoms with Crippen LogP contribution in [0.3, 0.4) is 0 Å². The maximum Gasteiger partial charge on any atom is 0.265 e. The summed E-state index contributed by atoms with van der Waals surface area (Å²) in [6.45, 7) is 2.77. The normalized spacial score (nSPS) is 9.95. The van der Waals surface area contributed by atoms with Crippen molar-refractivity contribution in [2.75, 3.05) is 13.6 Å². The van der Waals surface area contributed by atoms with Crippen LogP contribution >= 0.6 is 22.7 Å². The lowest BCUT2D eigenvalue weighted by molar-refractivity contribution is 0.0789. The molecule has 2 rings (SSSR count). The number of thiazole rings is 1. The number of nitrogens with two attached hydrogens (primary N) is 1. The van der Waals surface area contributed by atoms with Crippen molar-refractivity contribution in [1.82, 2.24) is 9.88 Å². The van der Waals surface area contributed by atoms with Gasteiger partial charge in [-0.15, -0.1) is 22.7 Å². The van der Waals surface area contributed by atoms with Crippen molar-refractivity contribution < 1.29 is 4.79 Å². The van der Waals surface area contributed by atoms with Gasteiger partial charge in [-0.1, -0.05) is 11.8 Å². The Balaban J connectivity index is 2.04. The quantitative estimate of drug-likeness (QED) is 0.883. The van der Waals surface area contributed by atoms with E-state index in [4.69, 9.17) is 5.73 Å². The first-order valence-electron chi connectivity index (χ1n) is 6.03. The molecule has 0 aliphatic carbocycles. The predicted molar refractivity (Wildman–Crippen MR) is 82.9 cm³/mol. The first-order chi connectivity index (χ1) is 9.61. The van der Waals surface area contributed by atoms with Gasteiger partial charge < -0.3 is 10.6 Å². The maximum absolute atomic E-state index is 12.3. The van der Waals surface area contributed by atoms with E-state index < -0.39 is 0 Å². The molecule has 0 fully saturated rings. The smallest absolute Gasteiger partial charge is 0.265 e. The second-order valence-corrected chi connectivity index (χ2v) is 6.02. The average molecular weight is 305 g/mol. The average Bonchev–Trinajstić information content (AvgIpc) is 3.04. The predicted octanol–water partition coefficient (Wildman–Crippen LogP) is 2.10. The lowest BCUT2D eigenvalue weighted by Crippen LogP contribution is -2.25. The van der Waals surface area contributed by atoms with Crippen LogP contribution in [0.5, 0.6) is 0 Å². The molecule has 20 heavy (non-hydrogen) atoms. The summed E-state index contributed by atoms with van der Waals surface area (Å²) in [6.07, 6.45) is 0. The second kappa shape index (κ2) is 6.66. The van der Waals surface area contributed by atoms with E-state index in [1.54, 1.807) is 28.8 Å². The van der Waals surface area contributed by atoms with Gasteiger partial charge in [0.1, 0.15) is 4.88 Å². The Bertz CT molecular complexity index is 663. The molecule has 2 heterocycles. The monoisotopic (exact) mass is 305 g/mol. The Labute approximate surface area is 126 Å². The van der Waals surface area contributed by atoms with Crippen LogP contribution in [0.25, 0.3) is 0 Å². The third-order valence-electron chi connectivity index (χ3n) is 2.67. The molecule has 2 aromatic heterocycles. The molecule has 4 nitrogen and oxygen atoms in total. The van der Waals surface area contributed by atoms with Crippen molar-refractivity contribution >= 4 is 28.6 Å². The molecule has 6 heteroatoms. The molecule has 0 saturated heterocycles. The minimum absolute atomic E-state index is 0.00536. The highest BCUT2D eigenvalue weighted by molar-refractivity contribution is 7.12. The summed E-state index contributed by atoms with van der Waals surface area (Å²) in [5, 5.41) is 2.02. The van der Waals surface area contributed by atoms with Crippen molar-refractivity contribution in [3.8, 4) is 11.8 Å². The van der Waals surface area contributed by atoms with E-state index in [1.165, 1.54) is 11.3 Å². The summed E-state index contributed by atoms with van der Waals surface area (Å²) >= 11 is 2.94. The molecular formula is C14H15N3OS2. The van der Waals surface area contributed by atoms with Gasteiger partial charge in [-0.3, -0.25) is 4.79 Å². The highest BCUT2D eigenvalue weighted by atomic mass is 32.1. The molecule has 0 bridgehead atoms. The molecule has 0 aromatic carbocycles. The van der Waals surface area contributed by atoms with E-state index in [9.17, 15) is 4.79 Å². The third-order valence-corrected chi connectivity index (χ3v) is 4.48. The number of amides is 1. The van der Waals surface area contributed by atoms with Crippen LogP contribution in [-0.2, 0) is 6.54 Å². The van der Waals surface area contributed by atoms with E-state index >= 15 is 0 Å². The van der Waals surface area contributed by atoms with E-state index in [-0.39, 0.29) is 5.91 Å². The molecule has 0 spiro atoms. The zero-order valence-electron chi connectivity index (χ0n) is 11.3. The summed E-state index contributed by atoms with van der Waals surface area (Å²) in [7, 11) is 1.80. The van der Waals surface area contributed by atoms with Gasteiger partial charge in [0, 0.05) is 13.6 Å². The molecule has 2 N–H and O–H groups in total. The standard InChI is InChI=1S/C14H15N3OS2/c1-10-13(20-9-16-10)14(18)17(2)7-11-6-12(19-8-11)4-3-5-15/h6,8-9H,5,7,15H2,1-2H3. The molecule has 0 unspecified atom stereocenters. The topological polar surface area (TPSA) is 59.2 Å². The minimum atomic E-state index is 0.00536. The Morgan fingerprint density at radius 1 is 1.50 bits per heavy atom. The number of hydrogen-bond donors (Lipinski definition) is 1. The van der Waals surface area contributed by atoms with E-state index in [2.05, 4.69) is 16.8 Å². The molecule has 2 aromatic rings. The van der Waals surface area contributed by atoms with Crippen LogP contribution in [-0.4, -0.2) is 29.4 Å². The second-order valence-electron chi connectivity index (χ2n) is 4.25. The Hall–Kier alpha value is -1.68. The number of thiophene rings is 1. The summed E-state index contributed by atoms with van der Waals surface area (Å²) in [6, 6.07) is 2.00. The zero-order valence-corrected chi connectivity index (χ0v) is 13.0. The van der Waals surface area contributed by atoms with Gasteiger partial charge in [0.2, 0.25) is 0 Å². The highest BCUT2D eigenvalue weighted by Crippen LogP contribution is 2.18. The molecule has 0 saturated carbocycles. The SMILES string of the molecule is Cc1ncsc1C(=O)N(C)Cc1csc(C#CCN)c1. The van der Waals surface area contributed by atoms with Gasteiger partial charge in [0.15, 0.2) is 0 Å². The summed E-state index contributed by atoms with van der Waals surface area (Å²) in [5.41, 5.74) is 8.90. The largest absolute Gasteiger partial charge is 0.337 e. The van der Waals surface area contributed by atoms with Crippen LogP contribution in [0.15, 0.2) is 17.0 Å². The van der Waals surface area contributed by atoms with E-state index in [0.717, 1.165) is 16.1 Å². The number of carbonyl (C=O) groups excluding carboxylic acids is 1. The molecular weight excluding hydrogens is 290 g/mol. The lowest BCUT2D eigenvalue weighted by Gasteiger charge is -2.15. The number of aryl methyl sites for hydroxylation is 1. The number of carbonyl (C=O) groups is 1. The molecule has 0 atom stereocenters. The number of rotatable bonds is 3. The molecule has 0 aliphatic heterocycles. The van der Waals surface area contributed by atoms with Crippen LogP contribution in [0.4, 0.5) is 0 Å². The van der Waals surface area contributed by atoms with Crippen LogP contribution in [0.2, 0.25) is 0 Å². The molecule has 0 radical (unpaired) electrons. The van der Waals surface area contributed by atoms with Crippen molar-refractivity contribution in [3.63, 3.8) is 0 Å². The molecule has 1 amide bonds. The van der Waals surface area contributed by atoms with Crippen LogP contribution < -0.4 is 5.73 Å². The summed E-state index contributed by atoms with van der Waals surface area (Å²) in [5.74, 6) is 5.83. The Morgan fingerprint density at radius 3 is 2.95 bits per heavy atom. The van der Waals surface area contributed by atoms with Crippen molar-refractivity contribution in [2.24, 2.45) is 5.73 Å². The van der Waals surface area contributed by atoms with Crippen LogP contribution in [0.1, 0.15) is 25.8 Å². The van der Waals surface area contributed by atoms with Gasteiger partial charge in [-0.25, -0.2) is 4.98 Å². The van der Waals surface area contributed by atoms with E-state index in [1.807, 2.05) is 18.4 Å². The number of hydrogen-bond acceptors (Lipinski definition) is 5. The van der Waals surface area contributed by atoms with Gasteiger partial charge in [-0.2, -0.15) is 0 Å². The van der Waals surface area contributed by atoms with Crippen LogP contribution in [0, 0.1) is 18.8 Å². The Kier molecular flexibility index (Phi) is 4.90. The fourth-order valence-corrected chi connectivity index (χ4v) is 3.26. The molecule has 104 valence electrons. The van der Waals surface area contributed by atoms with Gasteiger partial charge in [0.25, 0.3) is 5.91 Å².